The van der Waals surface area contributed by atoms with E-state index in [9.17, 15) is 0 Å². The first-order valence-electron chi connectivity index (χ1n) is 17.4. The van der Waals surface area contributed by atoms with Gasteiger partial charge >= 0.3 is 52.4 Å². The largest absolute Gasteiger partial charge is 2.00 e. The van der Waals surface area contributed by atoms with E-state index in [4.69, 9.17) is 25.9 Å². The molecule has 0 N–H and O–H groups in total. The van der Waals surface area contributed by atoms with Gasteiger partial charge in [0.05, 0.1) is 20.2 Å². The van der Waals surface area contributed by atoms with Gasteiger partial charge in [0.2, 0.25) is 0 Å². The van der Waals surface area contributed by atoms with Gasteiger partial charge in [-0.15, -0.1) is 79.5 Å². The van der Waals surface area contributed by atoms with E-state index in [1.165, 1.54) is 65.3 Å². The maximum absolute atomic E-state index is 9.08. The summed E-state index contributed by atoms with van der Waals surface area (Å²) in [6.45, 7) is 27.3. The molecule has 0 aromatic heterocycles. The van der Waals surface area contributed by atoms with Crippen molar-refractivity contribution >= 4 is 63.3 Å². The van der Waals surface area contributed by atoms with Gasteiger partial charge in [-0.05, 0) is 21.7 Å². The monoisotopic (exact) mass is 924 g/mol. The maximum atomic E-state index is 9.08. The third-order valence-corrected chi connectivity index (χ3v) is 8.87. The molecule has 0 spiro atoms. The van der Waals surface area contributed by atoms with Crippen molar-refractivity contribution in [2.24, 2.45) is 0 Å². The zero-order valence-electron chi connectivity index (χ0n) is 34.3. The van der Waals surface area contributed by atoms with Gasteiger partial charge in [-0.2, -0.15) is 0 Å². The second-order valence-electron chi connectivity index (χ2n) is 17.9. The molecule has 10 heteroatoms. The van der Waals surface area contributed by atoms with Crippen molar-refractivity contribution in [2.75, 3.05) is 12.5 Å². The molecule has 54 heavy (non-hydrogen) atoms. The molecule has 0 unspecified atom stereocenters. The van der Waals surface area contributed by atoms with Crippen LogP contribution in [0.25, 0.3) is 43.1 Å². The Hall–Kier alpha value is -1.79. The molecule has 6 rings (SSSR count). The number of hydrogen-bond donors (Lipinski definition) is 0. The zero-order chi connectivity index (χ0) is 39.8. The van der Waals surface area contributed by atoms with E-state index in [-0.39, 0.29) is 74.1 Å². The van der Waals surface area contributed by atoms with Gasteiger partial charge in [0.15, 0.2) is 0 Å². The Morgan fingerprint density at radius 1 is 0.389 bits per heavy atom. The van der Waals surface area contributed by atoms with Gasteiger partial charge < -0.3 is 9.11 Å². The quantitative estimate of drug-likeness (QED) is 0.111. The van der Waals surface area contributed by atoms with Crippen LogP contribution in [0.15, 0.2) is 84.9 Å². The molecule has 0 radical (unpaired) electrons. The predicted octanol–water partition coefficient (Wildman–Crippen LogP) is 10.9. The van der Waals surface area contributed by atoms with Crippen LogP contribution in [-0.2, 0) is 94.3 Å². The Balaban J connectivity index is 0.000000420. The van der Waals surface area contributed by atoms with Crippen LogP contribution in [0, 0.1) is 0 Å². The molecule has 0 bridgehead atoms. The molecule has 0 aliphatic carbocycles. The molecule has 0 aliphatic heterocycles. The van der Waals surface area contributed by atoms with Gasteiger partial charge in [0.1, 0.15) is 0 Å². The minimum atomic E-state index is -3.92. The summed E-state index contributed by atoms with van der Waals surface area (Å²) in [5.41, 5.74) is 6.43. The third-order valence-electron chi connectivity index (χ3n) is 8.87. The maximum Gasteiger partial charge on any atom is 2.00 e. The summed E-state index contributed by atoms with van der Waals surface area (Å²) in [6, 6.07) is 32.4. The zero-order valence-corrected chi connectivity index (χ0v) is 40.9. The van der Waals surface area contributed by atoms with Crippen molar-refractivity contribution < 1.29 is 78.3 Å². The smallest absolute Gasteiger partial charge is 0.748 e. The first kappa shape index (κ1) is 50.2. The molecule has 0 amide bonds. The Morgan fingerprint density at radius 2 is 0.537 bits per heavy atom. The van der Waals surface area contributed by atoms with Crippen molar-refractivity contribution in [3.63, 3.8) is 0 Å². The number of benzene rings is 4. The fraction of sp³-hybridized carbons (Fsp3) is 0.409. The first-order valence-corrected chi connectivity index (χ1v) is 21.1. The molecular formula is C44H56O6S2Zr2. The van der Waals surface area contributed by atoms with Gasteiger partial charge in [0, 0.05) is 12.5 Å². The van der Waals surface area contributed by atoms with Gasteiger partial charge in [-0.3, -0.25) is 0 Å². The Kier molecular flexibility index (Phi) is 16.9. The Labute approximate surface area is 363 Å². The molecule has 6 aromatic carbocycles. The fourth-order valence-corrected chi connectivity index (χ4v) is 5.91. The summed E-state index contributed by atoms with van der Waals surface area (Å²) in [5, 5.41) is 11.0. The normalized spacial score (nSPS) is 12.4. The molecule has 288 valence electrons. The minimum Gasteiger partial charge on any atom is -0.748 e. The van der Waals surface area contributed by atoms with Crippen LogP contribution in [-0.4, -0.2) is 38.5 Å². The van der Waals surface area contributed by atoms with Crippen LogP contribution in [0.3, 0.4) is 0 Å². The number of fused-ring (bicyclic) bond motifs is 6. The Bertz CT molecular complexity index is 2090. The van der Waals surface area contributed by atoms with E-state index in [1.54, 1.807) is 0 Å². The van der Waals surface area contributed by atoms with Crippen LogP contribution >= 0.6 is 0 Å². The van der Waals surface area contributed by atoms with Crippen molar-refractivity contribution in [3.05, 3.63) is 107 Å². The van der Waals surface area contributed by atoms with Gasteiger partial charge in [0.25, 0.3) is 0 Å². The summed E-state index contributed by atoms with van der Waals surface area (Å²) in [4.78, 5) is 0. The molecular weight excluding hydrogens is 871 g/mol. The summed E-state index contributed by atoms with van der Waals surface area (Å²) in [5.74, 6) is 0. The van der Waals surface area contributed by atoms with E-state index < -0.39 is 20.2 Å². The second kappa shape index (κ2) is 18.2. The average molecular weight is 928 g/mol. The molecule has 0 heterocycles. The number of rotatable bonds is 0. The first-order chi connectivity index (χ1) is 23.3. The summed E-state index contributed by atoms with van der Waals surface area (Å²) in [6.07, 6.45) is 1.21. The third kappa shape index (κ3) is 14.9. The van der Waals surface area contributed by atoms with Crippen LogP contribution in [0.4, 0.5) is 0 Å². The van der Waals surface area contributed by atoms with E-state index in [0.29, 0.717) is 12.5 Å². The van der Waals surface area contributed by atoms with Crippen molar-refractivity contribution in [2.45, 2.75) is 105 Å². The molecule has 6 nitrogen and oxygen atoms in total. The molecule has 0 fully saturated rings. The molecule has 0 atom stereocenters. The summed E-state index contributed by atoms with van der Waals surface area (Å²) in [7, 11) is -7.83. The van der Waals surface area contributed by atoms with Gasteiger partial charge in [-0.1, -0.05) is 154 Å². The average Bonchev–Trinajstić information content (AvgIpc) is 3.50. The minimum absolute atomic E-state index is 0. The molecule has 0 saturated carbocycles. The summed E-state index contributed by atoms with van der Waals surface area (Å²) >= 11 is 0. The SMILES string of the molecule is CC(C)(C)c1ccc2c(c1)[cH-]c1cc(C(C)(C)C)ccc12.CC(C)(C)c1ccc2c(c1)[cH-]c1cc(C(C)(C)C)ccc12.CS(=O)(=O)[O-].CS(=O)(=O)[O-].[Zr+2].[Zr+2]. The van der Waals surface area contributed by atoms with E-state index >= 15 is 0 Å². The number of hydrogen-bond acceptors (Lipinski definition) is 6. The fourth-order valence-electron chi connectivity index (χ4n) is 5.91. The van der Waals surface area contributed by atoms with Crippen molar-refractivity contribution in [1.29, 1.82) is 0 Å². The summed E-state index contributed by atoms with van der Waals surface area (Å²) < 4.78 is 54.5. The van der Waals surface area contributed by atoms with Crippen LogP contribution in [0.5, 0.6) is 0 Å². The predicted molar refractivity (Wildman–Crippen MR) is 220 cm³/mol. The van der Waals surface area contributed by atoms with Crippen molar-refractivity contribution in [1.82, 2.24) is 0 Å². The van der Waals surface area contributed by atoms with E-state index in [2.05, 4.69) is 168 Å². The Morgan fingerprint density at radius 3 is 0.667 bits per heavy atom. The molecule has 0 saturated heterocycles. The van der Waals surface area contributed by atoms with E-state index in [0.717, 1.165) is 0 Å². The van der Waals surface area contributed by atoms with E-state index in [1.807, 2.05) is 0 Å². The van der Waals surface area contributed by atoms with Crippen molar-refractivity contribution in [3.8, 4) is 0 Å². The van der Waals surface area contributed by atoms with Crippen LogP contribution in [0.1, 0.15) is 105 Å². The molecule has 0 aliphatic rings. The molecule has 6 aromatic rings. The van der Waals surface area contributed by atoms with Crippen LogP contribution in [0.2, 0.25) is 0 Å². The standard InChI is InChI=1S/2C21H25.2CH4O3S.2Zr/c2*1-20(2,3)16-7-9-18-14(12-16)11-15-13-17(21(4,5)6)8-10-19(15)18;2*1-5(2,3)4;;/h2*7-13H,1-6H3;2*1H3,(H,2,3,4);;/q2*-1;;;2*+2/p-2. The topological polar surface area (TPSA) is 114 Å². The van der Waals surface area contributed by atoms with Crippen LogP contribution < -0.4 is 0 Å². The second-order valence-corrected chi connectivity index (χ2v) is 20.7. The van der Waals surface area contributed by atoms with Gasteiger partial charge in [-0.25, -0.2) is 16.8 Å².